The number of carbonyl (C=O) groups excluding carboxylic acids is 1. The van der Waals surface area contributed by atoms with Gasteiger partial charge in [0, 0.05) is 24.5 Å². The van der Waals surface area contributed by atoms with Crippen molar-refractivity contribution in [1.82, 2.24) is 5.32 Å². The lowest BCUT2D eigenvalue weighted by Crippen LogP contribution is -2.39. The zero-order chi connectivity index (χ0) is 12.3. The van der Waals surface area contributed by atoms with Gasteiger partial charge < -0.3 is 10.1 Å². The van der Waals surface area contributed by atoms with Gasteiger partial charge in [0.2, 0.25) is 0 Å². The number of rotatable bonds is 3. The zero-order valence-corrected chi connectivity index (χ0v) is 9.97. The molecule has 1 aliphatic rings. The molecular formula is C12H13ClFNO2. The minimum Gasteiger partial charge on any atom is -0.375 e. The van der Waals surface area contributed by atoms with Gasteiger partial charge in [0.25, 0.3) is 0 Å². The lowest BCUT2D eigenvalue weighted by Gasteiger charge is -2.23. The second kappa shape index (κ2) is 5.58. The van der Waals surface area contributed by atoms with Crippen molar-refractivity contribution in [1.29, 1.82) is 0 Å². The van der Waals surface area contributed by atoms with Crippen LogP contribution in [0.1, 0.15) is 16.8 Å². The highest BCUT2D eigenvalue weighted by Gasteiger charge is 2.20. The molecule has 2 rings (SSSR count). The minimum atomic E-state index is -0.539. The number of ether oxygens (including phenoxy) is 1. The van der Waals surface area contributed by atoms with Crippen LogP contribution < -0.4 is 5.32 Å². The number of halogens is 2. The maximum absolute atomic E-state index is 13.4. The van der Waals surface area contributed by atoms with Crippen LogP contribution in [0.25, 0.3) is 0 Å². The maximum Gasteiger partial charge on any atom is 0.168 e. The number of hydrogen-bond acceptors (Lipinski definition) is 3. The normalized spacial score (nSPS) is 20.2. The van der Waals surface area contributed by atoms with E-state index in [0.717, 1.165) is 6.54 Å². The Morgan fingerprint density at radius 1 is 1.59 bits per heavy atom. The summed E-state index contributed by atoms with van der Waals surface area (Å²) < 4.78 is 18.8. The molecule has 1 saturated heterocycles. The van der Waals surface area contributed by atoms with Gasteiger partial charge in [-0.2, -0.15) is 0 Å². The zero-order valence-electron chi connectivity index (χ0n) is 9.21. The van der Waals surface area contributed by atoms with Crippen LogP contribution in [-0.2, 0) is 4.74 Å². The summed E-state index contributed by atoms with van der Waals surface area (Å²) in [7, 11) is 0. The number of nitrogens with one attached hydrogen (secondary N) is 1. The summed E-state index contributed by atoms with van der Waals surface area (Å²) in [6.07, 6.45) is -0.0146. The highest BCUT2D eigenvalue weighted by Crippen LogP contribution is 2.17. The van der Waals surface area contributed by atoms with Crippen molar-refractivity contribution < 1.29 is 13.9 Å². The van der Waals surface area contributed by atoms with E-state index >= 15 is 0 Å². The Morgan fingerprint density at radius 2 is 2.41 bits per heavy atom. The van der Waals surface area contributed by atoms with E-state index in [-0.39, 0.29) is 23.9 Å². The van der Waals surface area contributed by atoms with Crippen molar-refractivity contribution in [3.8, 4) is 0 Å². The molecule has 1 heterocycles. The molecule has 0 aromatic heterocycles. The molecule has 92 valence electrons. The average molecular weight is 258 g/mol. The van der Waals surface area contributed by atoms with Gasteiger partial charge in [0.1, 0.15) is 5.82 Å². The molecule has 1 aromatic carbocycles. The minimum absolute atomic E-state index is 0.0340. The Kier molecular flexibility index (Phi) is 4.10. The Balaban J connectivity index is 2.05. The first-order valence-electron chi connectivity index (χ1n) is 5.47. The van der Waals surface area contributed by atoms with Crippen molar-refractivity contribution >= 4 is 17.4 Å². The third-order valence-corrected chi connectivity index (χ3v) is 2.88. The van der Waals surface area contributed by atoms with Gasteiger partial charge >= 0.3 is 0 Å². The lowest BCUT2D eigenvalue weighted by molar-refractivity contribution is 0.0239. The van der Waals surface area contributed by atoms with Crippen LogP contribution in [0.3, 0.4) is 0 Å². The van der Waals surface area contributed by atoms with Gasteiger partial charge in [-0.3, -0.25) is 4.79 Å². The summed E-state index contributed by atoms with van der Waals surface area (Å²) in [6, 6.07) is 3.98. The van der Waals surface area contributed by atoms with E-state index in [2.05, 4.69) is 5.32 Å². The number of benzene rings is 1. The highest BCUT2D eigenvalue weighted by molar-refractivity contribution is 6.31. The van der Waals surface area contributed by atoms with Gasteiger partial charge in [-0.05, 0) is 18.2 Å². The number of Topliss-reactive ketones (excluding diaryl/α,β-unsaturated/α-hetero) is 1. The van der Waals surface area contributed by atoms with E-state index in [9.17, 15) is 9.18 Å². The number of hydrogen-bond donors (Lipinski definition) is 1. The van der Waals surface area contributed by atoms with E-state index < -0.39 is 5.82 Å². The summed E-state index contributed by atoms with van der Waals surface area (Å²) in [5.74, 6) is -0.818. The first-order chi connectivity index (χ1) is 8.16. The molecule has 1 aromatic rings. The molecule has 1 fully saturated rings. The maximum atomic E-state index is 13.4. The second-order valence-electron chi connectivity index (χ2n) is 3.95. The molecule has 3 nitrogen and oxygen atoms in total. The topological polar surface area (TPSA) is 38.3 Å². The summed E-state index contributed by atoms with van der Waals surface area (Å²) in [5, 5.41) is 3.48. The Labute approximate surface area is 104 Å². The molecule has 1 atom stereocenters. The lowest BCUT2D eigenvalue weighted by atomic mass is 10.0. The van der Waals surface area contributed by atoms with E-state index in [1.807, 2.05) is 0 Å². The molecule has 17 heavy (non-hydrogen) atoms. The van der Waals surface area contributed by atoms with Crippen molar-refractivity contribution in [2.45, 2.75) is 12.5 Å². The molecule has 0 amide bonds. The molecule has 0 spiro atoms. The van der Waals surface area contributed by atoms with Gasteiger partial charge in [-0.15, -0.1) is 0 Å². The van der Waals surface area contributed by atoms with Gasteiger partial charge in [-0.25, -0.2) is 4.39 Å². The van der Waals surface area contributed by atoms with Gasteiger partial charge in [0.05, 0.1) is 18.3 Å². The number of ketones is 1. The average Bonchev–Trinajstić information content (AvgIpc) is 2.33. The summed E-state index contributed by atoms with van der Waals surface area (Å²) in [5.41, 5.74) is 0.0340. The molecule has 1 unspecified atom stereocenters. The summed E-state index contributed by atoms with van der Waals surface area (Å²) in [4.78, 5) is 11.9. The largest absolute Gasteiger partial charge is 0.375 e. The molecule has 0 aliphatic carbocycles. The Morgan fingerprint density at radius 3 is 3.12 bits per heavy atom. The standard InChI is InChI=1S/C12H13ClFNO2/c13-8-1-2-11(14)10(5-8)12(16)6-9-7-15-3-4-17-9/h1-2,5,9,15H,3-4,6-7H2. The van der Waals surface area contributed by atoms with Crippen molar-refractivity contribution in [3.05, 3.63) is 34.6 Å². The third-order valence-electron chi connectivity index (χ3n) is 2.65. The van der Waals surface area contributed by atoms with E-state index in [0.29, 0.717) is 18.2 Å². The molecule has 1 aliphatic heterocycles. The van der Waals surface area contributed by atoms with Crippen LogP contribution in [0.15, 0.2) is 18.2 Å². The van der Waals surface area contributed by atoms with Crippen molar-refractivity contribution in [2.75, 3.05) is 19.7 Å². The first-order valence-corrected chi connectivity index (χ1v) is 5.85. The molecule has 1 N–H and O–H groups in total. The predicted molar refractivity (Wildman–Crippen MR) is 63.0 cm³/mol. The van der Waals surface area contributed by atoms with Crippen LogP contribution in [0.2, 0.25) is 5.02 Å². The van der Waals surface area contributed by atoms with Gasteiger partial charge in [-0.1, -0.05) is 11.6 Å². The highest BCUT2D eigenvalue weighted by atomic mass is 35.5. The van der Waals surface area contributed by atoms with Crippen LogP contribution >= 0.6 is 11.6 Å². The van der Waals surface area contributed by atoms with E-state index in [4.69, 9.17) is 16.3 Å². The van der Waals surface area contributed by atoms with Crippen LogP contribution in [0.5, 0.6) is 0 Å². The Hall–Kier alpha value is -0.970. The van der Waals surface area contributed by atoms with Crippen LogP contribution in [0, 0.1) is 5.82 Å². The fourth-order valence-electron chi connectivity index (χ4n) is 1.78. The first kappa shape index (κ1) is 12.5. The van der Waals surface area contributed by atoms with Crippen LogP contribution in [-0.4, -0.2) is 31.6 Å². The van der Waals surface area contributed by atoms with Crippen LogP contribution in [0.4, 0.5) is 4.39 Å². The fraction of sp³-hybridized carbons (Fsp3) is 0.417. The smallest absolute Gasteiger partial charge is 0.168 e. The monoisotopic (exact) mass is 257 g/mol. The second-order valence-corrected chi connectivity index (χ2v) is 4.38. The number of carbonyl (C=O) groups is 1. The van der Waals surface area contributed by atoms with Crippen molar-refractivity contribution in [3.63, 3.8) is 0 Å². The third kappa shape index (κ3) is 3.25. The molecule has 0 radical (unpaired) electrons. The summed E-state index contributed by atoms with van der Waals surface area (Å²) in [6.45, 7) is 1.99. The molecular weight excluding hydrogens is 245 g/mol. The fourth-order valence-corrected chi connectivity index (χ4v) is 1.95. The predicted octanol–water partition coefficient (Wildman–Crippen LogP) is 2.04. The Bertz CT molecular complexity index is 419. The molecule has 0 bridgehead atoms. The molecule has 5 heteroatoms. The SMILES string of the molecule is O=C(CC1CNCCO1)c1cc(Cl)ccc1F. The van der Waals surface area contributed by atoms with Crippen molar-refractivity contribution in [2.24, 2.45) is 0 Å². The quantitative estimate of drug-likeness (QED) is 0.843. The molecule has 0 saturated carbocycles. The van der Waals surface area contributed by atoms with Gasteiger partial charge in [0.15, 0.2) is 5.78 Å². The summed E-state index contributed by atoms with van der Waals surface area (Å²) >= 11 is 5.74. The van der Waals surface area contributed by atoms with E-state index in [1.54, 1.807) is 0 Å². The van der Waals surface area contributed by atoms with E-state index in [1.165, 1.54) is 18.2 Å². The number of morpholine rings is 1.